The Hall–Kier alpha value is -0.820. The Morgan fingerprint density at radius 2 is 1.90 bits per heavy atom. The van der Waals surface area contributed by atoms with E-state index in [4.69, 9.17) is 4.74 Å². The topological polar surface area (TPSA) is 58.6 Å². The second-order valence-electron chi connectivity index (χ2n) is 5.10. The van der Waals surface area contributed by atoms with Crippen molar-refractivity contribution >= 4 is 22.4 Å². The number of hydrogen-bond acceptors (Lipinski definition) is 4. The highest BCUT2D eigenvalue weighted by Crippen LogP contribution is 2.26. The molecule has 21 heavy (non-hydrogen) atoms. The zero-order valence-electron chi connectivity index (χ0n) is 12.6. The molecule has 0 saturated carbocycles. The molecule has 1 aliphatic rings. The van der Waals surface area contributed by atoms with Crippen LogP contribution in [0.4, 0.5) is 0 Å². The van der Waals surface area contributed by atoms with Gasteiger partial charge >= 0.3 is 0 Å². The van der Waals surface area contributed by atoms with Crippen LogP contribution in [0.3, 0.4) is 0 Å². The van der Waals surface area contributed by atoms with E-state index in [0.29, 0.717) is 29.8 Å². The highest BCUT2D eigenvalue weighted by Gasteiger charge is 2.29. The van der Waals surface area contributed by atoms with Crippen molar-refractivity contribution in [1.29, 1.82) is 0 Å². The summed E-state index contributed by atoms with van der Waals surface area (Å²) in [6.45, 7) is 2.94. The van der Waals surface area contributed by atoms with E-state index in [1.165, 1.54) is 0 Å². The summed E-state index contributed by atoms with van der Waals surface area (Å²) in [5.41, 5.74) is 0.722. The van der Waals surface area contributed by atoms with Gasteiger partial charge in [0.2, 0.25) is 10.0 Å². The molecule has 1 aromatic rings. The van der Waals surface area contributed by atoms with Crippen LogP contribution in [0.5, 0.6) is 5.75 Å². The van der Waals surface area contributed by atoms with Gasteiger partial charge in [-0.15, -0.1) is 12.4 Å². The van der Waals surface area contributed by atoms with Gasteiger partial charge in [-0.05, 0) is 50.6 Å². The average Bonchev–Trinajstić information content (AvgIpc) is 2.46. The maximum Gasteiger partial charge on any atom is 0.243 e. The van der Waals surface area contributed by atoms with Crippen molar-refractivity contribution < 1.29 is 13.2 Å². The van der Waals surface area contributed by atoms with E-state index in [1.807, 2.05) is 7.05 Å². The monoisotopic (exact) mass is 334 g/mol. The van der Waals surface area contributed by atoms with Crippen molar-refractivity contribution in [2.24, 2.45) is 0 Å². The standard InChI is InChI=1S/C14H22N2O3S.ClH/c1-11-10-13(19-3)4-5-14(11)20(17,18)16-8-6-12(15-2)7-9-16;/h4-5,10,12,15H,6-9H2,1-3H3;1H. The molecule has 0 atom stereocenters. The normalized spacial score (nSPS) is 17.3. The van der Waals surface area contributed by atoms with Gasteiger partial charge in [-0.3, -0.25) is 0 Å². The second kappa shape index (κ2) is 7.45. The molecule has 0 spiro atoms. The summed E-state index contributed by atoms with van der Waals surface area (Å²) in [6.07, 6.45) is 1.70. The van der Waals surface area contributed by atoms with Gasteiger partial charge in [0.25, 0.3) is 0 Å². The first-order chi connectivity index (χ1) is 9.48. The second-order valence-corrected chi connectivity index (χ2v) is 7.00. The number of nitrogens with zero attached hydrogens (tertiary/aromatic N) is 1. The summed E-state index contributed by atoms with van der Waals surface area (Å²) in [7, 11) is 0.0946. The fraction of sp³-hybridized carbons (Fsp3) is 0.571. The van der Waals surface area contributed by atoms with Crippen molar-refractivity contribution in [2.45, 2.75) is 30.7 Å². The number of halogens is 1. The minimum Gasteiger partial charge on any atom is -0.497 e. The Bertz CT molecular complexity index is 570. The molecule has 1 aliphatic heterocycles. The van der Waals surface area contributed by atoms with E-state index in [9.17, 15) is 8.42 Å². The molecule has 0 aliphatic carbocycles. The number of benzene rings is 1. The number of methoxy groups -OCH3 is 1. The highest BCUT2D eigenvalue weighted by molar-refractivity contribution is 7.89. The van der Waals surface area contributed by atoms with Crippen LogP contribution in [0, 0.1) is 6.92 Å². The lowest BCUT2D eigenvalue weighted by molar-refractivity contribution is 0.298. The number of hydrogen-bond donors (Lipinski definition) is 1. The summed E-state index contributed by atoms with van der Waals surface area (Å²) < 4.78 is 32.0. The van der Waals surface area contributed by atoms with Crippen LogP contribution >= 0.6 is 12.4 Å². The summed E-state index contributed by atoms with van der Waals surface area (Å²) >= 11 is 0. The molecule has 1 fully saturated rings. The quantitative estimate of drug-likeness (QED) is 0.912. The molecule has 120 valence electrons. The lowest BCUT2D eigenvalue weighted by Gasteiger charge is -2.31. The van der Waals surface area contributed by atoms with Gasteiger partial charge in [0.05, 0.1) is 12.0 Å². The van der Waals surface area contributed by atoms with Crippen molar-refractivity contribution in [2.75, 3.05) is 27.2 Å². The summed E-state index contributed by atoms with van der Waals surface area (Å²) in [5.74, 6) is 0.676. The fourth-order valence-electron chi connectivity index (χ4n) is 2.56. The Morgan fingerprint density at radius 3 is 2.38 bits per heavy atom. The van der Waals surface area contributed by atoms with Crippen LogP contribution in [0.25, 0.3) is 0 Å². The van der Waals surface area contributed by atoms with Crippen LogP contribution in [0.1, 0.15) is 18.4 Å². The van der Waals surface area contributed by atoms with E-state index in [0.717, 1.165) is 18.4 Å². The third-order valence-corrected chi connectivity index (χ3v) is 5.92. The summed E-state index contributed by atoms with van der Waals surface area (Å²) in [4.78, 5) is 0.376. The van der Waals surface area contributed by atoms with Gasteiger partial charge in [-0.25, -0.2) is 8.42 Å². The van der Waals surface area contributed by atoms with Crippen molar-refractivity contribution in [3.63, 3.8) is 0 Å². The van der Waals surface area contributed by atoms with Crippen LogP contribution in [0.2, 0.25) is 0 Å². The number of aryl methyl sites for hydroxylation is 1. The Balaban J connectivity index is 0.00000220. The largest absolute Gasteiger partial charge is 0.497 e. The molecule has 1 saturated heterocycles. The lowest BCUT2D eigenvalue weighted by Crippen LogP contribution is -2.44. The minimum absolute atomic E-state index is 0. The van der Waals surface area contributed by atoms with Gasteiger partial charge in [-0.2, -0.15) is 4.31 Å². The van der Waals surface area contributed by atoms with E-state index in [2.05, 4.69) is 5.32 Å². The van der Waals surface area contributed by atoms with Crippen LogP contribution in [-0.2, 0) is 10.0 Å². The average molecular weight is 335 g/mol. The van der Waals surface area contributed by atoms with Gasteiger partial charge in [0, 0.05) is 19.1 Å². The fourth-order valence-corrected chi connectivity index (χ4v) is 4.24. The Labute approximate surface area is 133 Å². The molecule has 7 heteroatoms. The number of rotatable bonds is 4. The highest BCUT2D eigenvalue weighted by atomic mass is 35.5. The van der Waals surface area contributed by atoms with Gasteiger partial charge in [-0.1, -0.05) is 0 Å². The Kier molecular flexibility index (Phi) is 6.46. The number of nitrogens with one attached hydrogen (secondary N) is 1. The first kappa shape index (κ1) is 18.2. The SMILES string of the molecule is CNC1CCN(S(=O)(=O)c2ccc(OC)cc2C)CC1.Cl. The van der Waals surface area contributed by atoms with E-state index in [1.54, 1.807) is 36.5 Å². The minimum atomic E-state index is -3.40. The molecule has 1 heterocycles. The van der Waals surface area contributed by atoms with E-state index in [-0.39, 0.29) is 12.4 Å². The molecular weight excluding hydrogens is 312 g/mol. The first-order valence-corrected chi connectivity index (χ1v) is 8.25. The zero-order chi connectivity index (χ0) is 14.8. The molecular formula is C14H23ClN2O3S. The number of ether oxygens (including phenoxy) is 1. The Morgan fingerprint density at radius 1 is 1.29 bits per heavy atom. The number of piperidine rings is 1. The predicted molar refractivity (Wildman–Crippen MR) is 85.8 cm³/mol. The van der Waals surface area contributed by atoms with Crippen LogP contribution < -0.4 is 10.1 Å². The maximum atomic E-state index is 12.7. The molecule has 0 amide bonds. The first-order valence-electron chi connectivity index (χ1n) is 6.81. The third-order valence-electron chi connectivity index (χ3n) is 3.86. The maximum absolute atomic E-state index is 12.7. The molecule has 1 N–H and O–H groups in total. The van der Waals surface area contributed by atoms with Gasteiger partial charge in [0.1, 0.15) is 5.75 Å². The molecule has 0 unspecified atom stereocenters. The van der Waals surface area contributed by atoms with Crippen molar-refractivity contribution in [3.8, 4) is 5.75 Å². The summed E-state index contributed by atoms with van der Waals surface area (Å²) in [5, 5.41) is 3.20. The molecule has 2 rings (SSSR count). The molecule has 0 aromatic heterocycles. The summed E-state index contributed by atoms with van der Waals surface area (Å²) in [6, 6.07) is 5.50. The van der Waals surface area contributed by atoms with E-state index < -0.39 is 10.0 Å². The smallest absolute Gasteiger partial charge is 0.243 e. The molecule has 5 nitrogen and oxygen atoms in total. The van der Waals surface area contributed by atoms with Crippen molar-refractivity contribution in [3.05, 3.63) is 23.8 Å². The van der Waals surface area contributed by atoms with Gasteiger partial charge in [0.15, 0.2) is 0 Å². The molecule has 0 bridgehead atoms. The third kappa shape index (κ3) is 3.88. The molecule has 0 radical (unpaired) electrons. The lowest BCUT2D eigenvalue weighted by atomic mass is 10.1. The van der Waals surface area contributed by atoms with E-state index >= 15 is 0 Å². The van der Waals surface area contributed by atoms with Gasteiger partial charge < -0.3 is 10.1 Å². The number of sulfonamides is 1. The molecule has 1 aromatic carbocycles. The van der Waals surface area contributed by atoms with Crippen LogP contribution in [0.15, 0.2) is 23.1 Å². The van der Waals surface area contributed by atoms with Crippen molar-refractivity contribution in [1.82, 2.24) is 9.62 Å². The van der Waals surface area contributed by atoms with Crippen LogP contribution in [-0.4, -0.2) is 46.0 Å². The predicted octanol–water partition coefficient (Wildman–Crippen LogP) is 1.80. The zero-order valence-corrected chi connectivity index (χ0v) is 14.3.